The molecule has 3 rings (SSSR count). The fourth-order valence-corrected chi connectivity index (χ4v) is 3.32. The smallest absolute Gasteiger partial charge is 0.331 e. The number of ether oxygens (including phenoxy) is 1. The van der Waals surface area contributed by atoms with Gasteiger partial charge in [0.1, 0.15) is 17.1 Å². The van der Waals surface area contributed by atoms with Gasteiger partial charge in [0.05, 0.1) is 6.61 Å². The Kier molecular flexibility index (Phi) is 4.55. The summed E-state index contributed by atoms with van der Waals surface area (Å²) in [6.07, 6.45) is 3.94. The van der Waals surface area contributed by atoms with Crippen molar-refractivity contribution in [3.05, 3.63) is 35.8 Å². The van der Waals surface area contributed by atoms with Gasteiger partial charge >= 0.3 is 5.97 Å². The molecular weight excluding hydrogens is 311 g/mol. The number of nitrogens with one attached hydrogen (secondary N) is 2. The lowest BCUT2D eigenvalue weighted by molar-refractivity contribution is -0.152. The van der Waals surface area contributed by atoms with E-state index >= 15 is 0 Å². The van der Waals surface area contributed by atoms with Crippen LogP contribution in [0.25, 0.3) is 10.9 Å². The fraction of sp³-hybridized carbons (Fsp3) is 0.444. The maximum Gasteiger partial charge on any atom is 0.331 e. The highest BCUT2D eigenvalue weighted by Crippen LogP contribution is 2.30. The number of hydrogen-bond donors (Lipinski definition) is 2. The Bertz CT molecular complexity index is 763. The van der Waals surface area contributed by atoms with Gasteiger partial charge in [-0.25, -0.2) is 9.18 Å². The molecule has 0 atom stereocenters. The lowest BCUT2D eigenvalue weighted by atomic mass is 9.81. The van der Waals surface area contributed by atoms with E-state index in [2.05, 4.69) is 10.3 Å². The predicted molar refractivity (Wildman–Crippen MR) is 88.2 cm³/mol. The Hall–Kier alpha value is -2.37. The van der Waals surface area contributed by atoms with Gasteiger partial charge in [0.2, 0.25) is 0 Å². The summed E-state index contributed by atoms with van der Waals surface area (Å²) in [6, 6.07) is 5.88. The van der Waals surface area contributed by atoms with Gasteiger partial charge in [-0.2, -0.15) is 0 Å². The van der Waals surface area contributed by atoms with E-state index in [1.807, 2.05) is 0 Å². The van der Waals surface area contributed by atoms with E-state index in [-0.39, 0.29) is 24.3 Å². The first kappa shape index (κ1) is 16.5. The molecule has 1 aromatic carbocycles. The normalized spacial score (nSPS) is 16.8. The molecule has 1 aliphatic rings. The number of rotatable bonds is 4. The predicted octanol–water partition coefficient (Wildman–Crippen LogP) is 3.30. The molecule has 0 unspecified atom stereocenters. The first-order valence-electron chi connectivity index (χ1n) is 8.32. The number of aromatic amines is 1. The molecule has 1 saturated carbocycles. The Labute approximate surface area is 139 Å². The maximum atomic E-state index is 13.3. The number of benzene rings is 1. The highest BCUT2D eigenvalue weighted by Gasteiger charge is 2.42. The Morgan fingerprint density at radius 2 is 2.00 bits per heavy atom. The first-order valence-corrected chi connectivity index (χ1v) is 8.32. The lowest BCUT2D eigenvalue weighted by Gasteiger charge is -2.35. The van der Waals surface area contributed by atoms with E-state index in [4.69, 9.17) is 4.74 Å². The summed E-state index contributed by atoms with van der Waals surface area (Å²) in [5, 5.41) is 3.49. The summed E-state index contributed by atoms with van der Waals surface area (Å²) < 4.78 is 18.5. The molecular formula is C18H21FN2O3. The van der Waals surface area contributed by atoms with Crippen molar-refractivity contribution in [2.75, 3.05) is 6.61 Å². The molecule has 0 saturated heterocycles. The van der Waals surface area contributed by atoms with Gasteiger partial charge in [0.25, 0.3) is 5.91 Å². The number of H-pyrrole nitrogens is 1. The van der Waals surface area contributed by atoms with Gasteiger partial charge in [0, 0.05) is 10.9 Å². The number of carbonyl (C=O) groups is 2. The second-order valence-electron chi connectivity index (χ2n) is 6.23. The summed E-state index contributed by atoms with van der Waals surface area (Å²) >= 11 is 0. The van der Waals surface area contributed by atoms with Crippen LogP contribution in [0.5, 0.6) is 0 Å². The Morgan fingerprint density at radius 3 is 2.71 bits per heavy atom. The molecule has 0 radical (unpaired) electrons. The van der Waals surface area contributed by atoms with Crippen LogP contribution >= 0.6 is 0 Å². The quantitative estimate of drug-likeness (QED) is 0.844. The van der Waals surface area contributed by atoms with Gasteiger partial charge in [-0.05, 0) is 44.0 Å². The number of halogens is 1. The lowest BCUT2D eigenvalue weighted by Crippen LogP contribution is -2.56. The maximum absolute atomic E-state index is 13.3. The molecule has 1 fully saturated rings. The zero-order chi connectivity index (χ0) is 17.2. The number of hydrogen-bond acceptors (Lipinski definition) is 3. The van der Waals surface area contributed by atoms with E-state index < -0.39 is 5.54 Å². The fourth-order valence-electron chi connectivity index (χ4n) is 3.32. The molecule has 0 spiro atoms. The average Bonchev–Trinajstić information content (AvgIpc) is 2.99. The molecule has 24 heavy (non-hydrogen) atoms. The van der Waals surface area contributed by atoms with E-state index in [1.165, 1.54) is 12.1 Å². The van der Waals surface area contributed by atoms with Gasteiger partial charge in [-0.3, -0.25) is 4.79 Å². The first-order chi connectivity index (χ1) is 11.5. The van der Waals surface area contributed by atoms with Crippen molar-refractivity contribution in [2.24, 2.45) is 0 Å². The van der Waals surface area contributed by atoms with Crippen molar-refractivity contribution in [3.63, 3.8) is 0 Å². The van der Waals surface area contributed by atoms with Gasteiger partial charge in [-0.15, -0.1) is 0 Å². The van der Waals surface area contributed by atoms with Crippen molar-refractivity contribution in [1.29, 1.82) is 0 Å². The molecule has 2 N–H and O–H groups in total. The summed E-state index contributed by atoms with van der Waals surface area (Å²) in [6.45, 7) is 2.03. The van der Waals surface area contributed by atoms with Crippen LogP contribution < -0.4 is 5.32 Å². The summed E-state index contributed by atoms with van der Waals surface area (Å²) in [4.78, 5) is 28.0. The molecule has 1 amide bonds. The molecule has 0 bridgehead atoms. The summed E-state index contributed by atoms with van der Waals surface area (Å²) in [5.41, 5.74) is 0.0219. The minimum atomic E-state index is -0.964. The second-order valence-corrected chi connectivity index (χ2v) is 6.23. The van der Waals surface area contributed by atoms with E-state index in [9.17, 15) is 14.0 Å². The largest absolute Gasteiger partial charge is 0.464 e. The molecule has 128 valence electrons. The van der Waals surface area contributed by atoms with Crippen LogP contribution in [0.4, 0.5) is 4.39 Å². The number of aromatic nitrogens is 1. The molecule has 1 heterocycles. The average molecular weight is 332 g/mol. The van der Waals surface area contributed by atoms with Crippen molar-refractivity contribution < 1.29 is 18.7 Å². The molecule has 0 aliphatic heterocycles. The van der Waals surface area contributed by atoms with Crippen molar-refractivity contribution in [3.8, 4) is 0 Å². The molecule has 5 nitrogen and oxygen atoms in total. The minimum absolute atomic E-state index is 0.280. The third-order valence-electron chi connectivity index (χ3n) is 4.55. The summed E-state index contributed by atoms with van der Waals surface area (Å²) in [5.74, 6) is -1.11. The Balaban J connectivity index is 1.85. The van der Waals surface area contributed by atoms with Crippen LogP contribution in [0.1, 0.15) is 49.5 Å². The van der Waals surface area contributed by atoms with Crippen LogP contribution in [-0.4, -0.2) is 29.0 Å². The molecule has 2 aromatic rings. The van der Waals surface area contributed by atoms with Crippen LogP contribution in [0.15, 0.2) is 24.3 Å². The molecule has 6 heteroatoms. The highest BCUT2D eigenvalue weighted by molar-refractivity contribution is 6.00. The highest BCUT2D eigenvalue weighted by atomic mass is 19.1. The summed E-state index contributed by atoms with van der Waals surface area (Å²) in [7, 11) is 0. The standard InChI is InChI=1S/C18H21FN2O3/c1-2-24-17(23)18(8-4-3-5-9-18)21-16(22)15-11-12-10-13(19)6-7-14(12)20-15/h6-7,10-11,20H,2-5,8-9H2,1H3,(H,21,22). The van der Waals surface area contributed by atoms with Crippen molar-refractivity contribution in [1.82, 2.24) is 10.3 Å². The van der Waals surface area contributed by atoms with Crippen LogP contribution in [0.2, 0.25) is 0 Å². The van der Waals surface area contributed by atoms with E-state index in [0.29, 0.717) is 29.4 Å². The van der Waals surface area contributed by atoms with E-state index in [1.54, 1.807) is 19.1 Å². The number of carbonyl (C=O) groups excluding carboxylic acids is 2. The van der Waals surface area contributed by atoms with E-state index in [0.717, 1.165) is 19.3 Å². The zero-order valence-electron chi connectivity index (χ0n) is 13.7. The SMILES string of the molecule is CCOC(=O)C1(NC(=O)c2cc3cc(F)ccc3[nH]2)CCCCC1. The van der Waals surface area contributed by atoms with Crippen LogP contribution in [0.3, 0.4) is 0 Å². The van der Waals surface area contributed by atoms with Gasteiger partial charge in [0.15, 0.2) is 0 Å². The number of amides is 1. The van der Waals surface area contributed by atoms with Gasteiger partial charge < -0.3 is 15.0 Å². The van der Waals surface area contributed by atoms with Gasteiger partial charge in [-0.1, -0.05) is 19.3 Å². The molecule has 1 aliphatic carbocycles. The monoisotopic (exact) mass is 332 g/mol. The third kappa shape index (κ3) is 3.13. The zero-order valence-corrected chi connectivity index (χ0v) is 13.7. The Morgan fingerprint density at radius 1 is 1.25 bits per heavy atom. The second kappa shape index (κ2) is 6.63. The third-order valence-corrected chi connectivity index (χ3v) is 4.55. The molecule has 1 aromatic heterocycles. The number of esters is 1. The minimum Gasteiger partial charge on any atom is -0.464 e. The van der Waals surface area contributed by atoms with Crippen LogP contribution in [0, 0.1) is 5.82 Å². The van der Waals surface area contributed by atoms with Crippen LogP contribution in [-0.2, 0) is 9.53 Å². The van der Waals surface area contributed by atoms with Crippen molar-refractivity contribution in [2.45, 2.75) is 44.6 Å². The van der Waals surface area contributed by atoms with Crippen molar-refractivity contribution >= 4 is 22.8 Å². The number of fused-ring (bicyclic) bond motifs is 1. The topological polar surface area (TPSA) is 71.2 Å².